The summed E-state index contributed by atoms with van der Waals surface area (Å²) in [5, 5.41) is 3.34. The molecule has 1 aliphatic rings. The van der Waals surface area contributed by atoms with E-state index in [0.29, 0.717) is 33.3 Å². The van der Waals surface area contributed by atoms with Gasteiger partial charge in [-0.1, -0.05) is 44.5 Å². The van der Waals surface area contributed by atoms with Gasteiger partial charge in [0.25, 0.3) is 5.91 Å². The Kier molecular flexibility index (Phi) is 6.03. The van der Waals surface area contributed by atoms with Crippen LogP contribution in [-0.4, -0.2) is 29.0 Å². The highest BCUT2D eigenvalue weighted by molar-refractivity contribution is 6.34. The number of nitrogens with zero attached hydrogens (tertiary/aromatic N) is 4. The first-order valence-corrected chi connectivity index (χ1v) is 11.1. The van der Waals surface area contributed by atoms with E-state index in [2.05, 4.69) is 36.1 Å². The maximum Gasteiger partial charge on any atom is 0.330 e. The summed E-state index contributed by atoms with van der Waals surface area (Å²) < 4.78 is 0. The third kappa shape index (κ3) is 4.65. The third-order valence-corrected chi connectivity index (χ3v) is 5.96. The second-order valence-electron chi connectivity index (χ2n) is 8.87. The SMILES string of the molecule is CN1C(=O)N(c2cc(C(=O)Nc3cccc(C(C)(C)C)c3)ccc2Cl)Cc2cnc(Cl)nc21. The van der Waals surface area contributed by atoms with Crippen LogP contribution in [0.5, 0.6) is 0 Å². The van der Waals surface area contributed by atoms with Crippen molar-refractivity contribution >= 4 is 52.3 Å². The molecule has 0 atom stereocenters. The molecule has 170 valence electrons. The fraction of sp³-hybridized carbons (Fsp3) is 0.250. The summed E-state index contributed by atoms with van der Waals surface area (Å²) in [4.78, 5) is 37.1. The molecule has 1 aliphatic heterocycles. The molecule has 0 radical (unpaired) electrons. The average Bonchev–Trinajstić information content (AvgIpc) is 2.76. The second kappa shape index (κ2) is 8.65. The van der Waals surface area contributed by atoms with Crippen LogP contribution in [0.15, 0.2) is 48.7 Å². The van der Waals surface area contributed by atoms with Gasteiger partial charge in [0.05, 0.1) is 17.3 Å². The molecule has 0 aliphatic carbocycles. The fourth-order valence-electron chi connectivity index (χ4n) is 3.60. The first-order chi connectivity index (χ1) is 15.5. The number of anilines is 3. The lowest BCUT2D eigenvalue weighted by Gasteiger charge is -2.34. The van der Waals surface area contributed by atoms with Gasteiger partial charge in [0.15, 0.2) is 0 Å². The summed E-state index contributed by atoms with van der Waals surface area (Å²) in [6.07, 6.45) is 1.58. The summed E-state index contributed by atoms with van der Waals surface area (Å²) in [7, 11) is 1.60. The zero-order valence-electron chi connectivity index (χ0n) is 18.7. The quantitative estimate of drug-likeness (QED) is 0.469. The van der Waals surface area contributed by atoms with E-state index in [4.69, 9.17) is 23.2 Å². The number of amides is 3. The van der Waals surface area contributed by atoms with Crippen LogP contribution in [0, 0.1) is 0 Å². The molecule has 33 heavy (non-hydrogen) atoms. The van der Waals surface area contributed by atoms with Gasteiger partial charge in [0.1, 0.15) is 5.82 Å². The number of carbonyl (C=O) groups is 2. The molecule has 0 saturated carbocycles. The Morgan fingerprint density at radius 3 is 2.61 bits per heavy atom. The zero-order valence-corrected chi connectivity index (χ0v) is 20.2. The minimum absolute atomic E-state index is 0.0426. The Hall–Kier alpha value is -3.16. The van der Waals surface area contributed by atoms with Crippen molar-refractivity contribution in [3.05, 3.63) is 75.7 Å². The van der Waals surface area contributed by atoms with Gasteiger partial charge in [-0.3, -0.25) is 14.6 Å². The highest BCUT2D eigenvalue weighted by Crippen LogP contribution is 2.34. The molecule has 0 fully saturated rings. The van der Waals surface area contributed by atoms with Crippen molar-refractivity contribution in [3.8, 4) is 0 Å². The van der Waals surface area contributed by atoms with E-state index < -0.39 is 0 Å². The van der Waals surface area contributed by atoms with E-state index in [1.165, 1.54) is 9.80 Å². The molecular formula is C24H23Cl2N5O2. The van der Waals surface area contributed by atoms with Crippen LogP contribution in [0.25, 0.3) is 0 Å². The Labute approximate surface area is 202 Å². The van der Waals surface area contributed by atoms with Crippen LogP contribution in [0.2, 0.25) is 10.3 Å². The van der Waals surface area contributed by atoms with Crippen LogP contribution in [0.1, 0.15) is 42.3 Å². The predicted molar refractivity (Wildman–Crippen MR) is 132 cm³/mol. The number of carbonyl (C=O) groups excluding carboxylic acids is 2. The summed E-state index contributed by atoms with van der Waals surface area (Å²) >= 11 is 12.3. The smallest absolute Gasteiger partial charge is 0.322 e. The van der Waals surface area contributed by atoms with Gasteiger partial charge in [0, 0.05) is 30.1 Å². The summed E-state index contributed by atoms with van der Waals surface area (Å²) in [5.74, 6) is 0.146. The number of hydrogen-bond acceptors (Lipinski definition) is 4. The zero-order chi connectivity index (χ0) is 23.9. The van der Waals surface area contributed by atoms with Gasteiger partial charge in [-0.25, -0.2) is 9.78 Å². The Morgan fingerprint density at radius 2 is 1.88 bits per heavy atom. The van der Waals surface area contributed by atoms with Crippen molar-refractivity contribution in [2.24, 2.45) is 0 Å². The van der Waals surface area contributed by atoms with E-state index in [0.717, 1.165) is 5.56 Å². The monoisotopic (exact) mass is 483 g/mol. The molecular weight excluding hydrogens is 461 g/mol. The van der Waals surface area contributed by atoms with Gasteiger partial charge in [-0.15, -0.1) is 0 Å². The number of fused-ring (bicyclic) bond motifs is 1. The Morgan fingerprint density at radius 1 is 1.12 bits per heavy atom. The molecule has 4 rings (SSSR count). The topological polar surface area (TPSA) is 78.4 Å². The number of rotatable bonds is 3. The van der Waals surface area contributed by atoms with E-state index in [1.807, 2.05) is 24.3 Å². The lowest BCUT2D eigenvalue weighted by molar-refractivity contribution is 0.102. The fourth-order valence-corrected chi connectivity index (χ4v) is 3.95. The molecule has 0 unspecified atom stereocenters. The molecule has 7 nitrogen and oxygen atoms in total. The number of halogens is 2. The number of benzene rings is 2. The highest BCUT2D eigenvalue weighted by Gasteiger charge is 2.32. The molecule has 0 saturated heterocycles. The van der Waals surface area contributed by atoms with E-state index in [1.54, 1.807) is 31.4 Å². The summed E-state index contributed by atoms with van der Waals surface area (Å²) in [6.45, 7) is 6.55. The predicted octanol–water partition coefficient (Wildman–Crippen LogP) is 5.91. The minimum atomic E-state index is -0.338. The van der Waals surface area contributed by atoms with Crippen LogP contribution in [-0.2, 0) is 12.0 Å². The first-order valence-electron chi connectivity index (χ1n) is 10.3. The molecule has 1 N–H and O–H groups in total. The summed E-state index contributed by atoms with van der Waals surface area (Å²) in [5.41, 5.74) is 3.28. The highest BCUT2D eigenvalue weighted by atomic mass is 35.5. The molecule has 3 aromatic rings. The molecule has 1 aromatic heterocycles. The van der Waals surface area contributed by atoms with Gasteiger partial charge in [0.2, 0.25) is 5.28 Å². The lowest BCUT2D eigenvalue weighted by atomic mass is 9.87. The Bertz CT molecular complexity index is 1260. The van der Waals surface area contributed by atoms with Crippen molar-refractivity contribution in [1.29, 1.82) is 0 Å². The Balaban J connectivity index is 1.63. The third-order valence-electron chi connectivity index (χ3n) is 5.46. The summed E-state index contributed by atoms with van der Waals surface area (Å²) in [6, 6.07) is 12.3. The van der Waals surface area contributed by atoms with E-state index >= 15 is 0 Å². The first kappa shape index (κ1) is 23.0. The number of hydrogen-bond donors (Lipinski definition) is 1. The largest absolute Gasteiger partial charge is 0.330 e. The molecule has 9 heteroatoms. The average molecular weight is 484 g/mol. The normalized spacial score (nSPS) is 13.7. The van der Waals surface area contributed by atoms with E-state index in [9.17, 15) is 9.59 Å². The van der Waals surface area contributed by atoms with Crippen LogP contribution in [0.4, 0.5) is 22.0 Å². The van der Waals surface area contributed by atoms with Crippen molar-refractivity contribution in [2.75, 3.05) is 22.2 Å². The van der Waals surface area contributed by atoms with Gasteiger partial charge < -0.3 is 5.32 Å². The molecule has 0 bridgehead atoms. The van der Waals surface area contributed by atoms with Crippen molar-refractivity contribution in [1.82, 2.24) is 9.97 Å². The van der Waals surface area contributed by atoms with Crippen LogP contribution >= 0.6 is 23.2 Å². The number of urea groups is 1. The van der Waals surface area contributed by atoms with Crippen LogP contribution < -0.4 is 15.1 Å². The van der Waals surface area contributed by atoms with Gasteiger partial charge in [-0.05, 0) is 52.9 Å². The van der Waals surface area contributed by atoms with E-state index in [-0.39, 0.29) is 29.2 Å². The minimum Gasteiger partial charge on any atom is -0.322 e. The second-order valence-corrected chi connectivity index (χ2v) is 9.61. The lowest BCUT2D eigenvalue weighted by Crippen LogP contribution is -2.46. The maximum absolute atomic E-state index is 13.0. The standard InChI is InChI=1S/C24H23Cl2N5O2/c1-24(2,3)16-6-5-7-17(11-16)28-21(32)14-8-9-18(25)19(10-14)31-13-15-12-27-22(26)29-20(15)30(4)23(31)33/h5-12H,13H2,1-4H3,(H,28,32). The van der Waals surface area contributed by atoms with Crippen molar-refractivity contribution in [2.45, 2.75) is 32.7 Å². The molecule has 2 aromatic carbocycles. The van der Waals surface area contributed by atoms with Gasteiger partial charge >= 0.3 is 6.03 Å². The van der Waals surface area contributed by atoms with Crippen molar-refractivity contribution in [3.63, 3.8) is 0 Å². The molecule has 2 heterocycles. The molecule has 0 spiro atoms. The van der Waals surface area contributed by atoms with Gasteiger partial charge in [-0.2, -0.15) is 4.98 Å². The van der Waals surface area contributed by atoms with Crippen LogP contribution in [0.3, 0.4) is 0 Å². The number of aromatic nitrogens is 2. The number of nitrogens with one attached hydrogen (secondary N) is 1. The van der Waals surface area contributed by atoms with Crippen molar-refractivity contribution < 1.29 is 9.59 Å². The maximum atomic E-state index is 13.0. The molecule has 3 amide bonds.